The van der Waals surface area contributed by atoms with Crippen LogP contribution in [0.3, 0.4) is 0 Å². The molecule has 0 spiro atoms. The fourth-order valence-corrected chi connectivity index (χ4v) is 3.27. The van der Waals surface area contributed by atoms with Crippen molar-refractivity contribution in [3.8, 4) is 0 Å². The Kier molecular flexibility index (Phi) is 4.88. The number of carbonyl (C=O) groups is 1. The molecule has 0 aromatic heterocycles. The Hall–Kier alpha value is -1.55. The minimum absolute atomic E-state index is 0.0177. The first-order chi connectivity index (χ1) is 9.88. The summed E-state index contributed by atoms with van der Waals surface area (Å²) in [5.41, 5.74) is 8.31. The maximum atomic E-state index is 12.3. The standard InChI is InChI=1S/C17H27N3O/c1-11-8-13(3)14(4)20(9-11)10-16(21)19-17-12(2)6-5-7-15(17)18/h5-7,11,13-14H,8-10,18H2,1-4H3,(H,19,21). The second-order valence-electron chi connectivity index (χ2n) is 6.58. The minimum atomic E-state index is 0.0177. The Labute approximate surface area is 127 Å². The van der Waals surface area contributed by atoms with Gasteiger partial charge in [0.25, 0.3) is 0 Å². The number of nitrogens with two attached hydrogens (primary N) is 1. The van der Waals surface area contributed by atoms with Gasteiger partial charge in [0, 0.05) is 12.6 Å². The van der Waals surface area contributed by atoms with Gasteiger partial charge in [0.05, 0.1) is 17.9 Å². The molecule has 2 rings (SSSR count). The highest BCUT2D eigenvalue weighted by Gasteiger charge is 2.29. The number of piperidine rings is 1. The number of aryl methyl sites for hydroxylation is 1. The lowest BCUT2D eigenvalue weighted by atomic mass is 9.86. The Morgan fingerprint density at radius 3 is 2.76 bits per heavy atom. The van der Waals surface area contributed by atoms with Crippen LogP contribution in [0.15, 0.2) is 18.2 Å². The Bertz CT molecular complexity index is 495. The average Bonchev–Trinajstić information content (AvgIpc) is 2.40. The molecule has 0 saturated carbocycles. The van der Waals surface area contributed by atoms with E-state index in [1.807, 2.05) is 25.1 Å². The molecular formula is C17H27N3O. The monoisotopic (exact) mass is 289 g/mol. The molecule has 0 radical (unpaired) electrons. The molecule has 0 bridgehead atoms. The number of nitrogens with one attached hydrogen (secondary N) is 1. The zero-order chi connectivity index (χ0) is 15.6. The molecule has 1 aromatic carbocycles. The Morgan fingerprint density at radius 2 is 2.10 bits per heavy atom. The number of likely N-dealkylation sites (tertiary alicyclic amines) is 1. The molecule has 1 fully saturated rings. The fraction of sp³-hybridized carbons (Fsp3) is 0.588. The van der Waals surface area contributed by atoms with Gasteiger partial charge < -0.3 is 11.1 Å². The highest BCUT2D eigenvalue weighted by molar-refractivity contribution is 5.96. The molecule has 1 heterocycles. The van der Waals surface area contributed by atoms with Crippen LogP contribution in [0.4, 0.5) is 11.4 Å². The van der Waals surface area contributed by atoms with Gasteiger partial charge in [-0.2, -0.15) is 0 Å². The molecule has 3 atom stereocenters. The van der Waals surface area contributed by atoms with Crippen molar-refractivity contribution in [2.75, 3.05) is 24.1 Å². The van der Waals surface area contributed by atoms with E-state index >= 15 is 0 Å². The number of hydrogen-bond acceptors (Lipinski definition) is 3. The van der Waals surface area contributed by atoms with Crippen LogP contribution in [0.1, 0.15) is 32.8 Å². The lowest BCUT2D eigenvalue weighted by Gasteiger charge is -2.40. The van der Waals surface area contributed by atoms with Gasteiger partial charge in [0.15, 0.2) is 0 Å². The molecule has 116 valence electrons. The Balaban J connectivity index is 2.01. The van der Waals surface area contributed by atoms with E-state index in [1.54, 1.807) is 0 Å². The number of benzene rings is 1. The summed E-state index contributed by atoms with van der Waals surface area (Å²) in [4.78, 5) is 14.6. The van der Waals surface area contributed by atoms with Gasteiger partial charge in [0.2, 0.25) is 5.91 Å². The van der Waals surface area contributed by atoms with Gasteiger partial charge in [-0.25, -0.2) is 0 Å². The molecule has 1 aliphatic rings. The van der Waals surface area contributed by atoms with Crippen LogP contribution in [0, 0.1) is 18.8 Å². The maximum Gasteiger partial charge on any atom is 0.238 e. The van der Waals surface area contributed by atoms with E-state index in [2.05, 4.69) is 31.0 Å². The van der Waals surface area contributed by atoms with E-state index in [1.165, 1.54) is 6.42 Å². The summed E-state index contributed by atoms with van der Waals surface area (Å²) in [6, 6.07) is 6.12. The molecule has 4 nitrogen and oxygen atoms in total. The smallest absolute Gasteiger partial charge is 0.238 e. The second-order valence-corrected chi connectivity index (χ2v) is 6.58. The van der Waals surface area contributed by atoms with Crippen molar-refractivity contribution in [3.63, 3.8) is 0 Å². The van der Waals surface area contributed by atoms with E-state index in [-0.39, 0.29) is 5.91 Å². The average molecular weight is 289 g/mol. The molecule has 1 aliphatic heterocycles. The van der Waals surface area contributed by atoms with Crippen LogP contribution in [0.5, 0.6) is 0 Å². The van der Waals surface area contributed by atoms with Gasteiger partial charge >= 0.3 is 0 Å². The molecular weight excluding hydrogens is 262 g/mol. The molecule has 3 unspecified atom stereocenters. The predicted octanol–water partition coefficient (Wildman–Crippen LogP) is 2.88. The largest absolute Gasteiger partial charge is 0.397 e. The number of nitrogens with zero attached hydrogens (tertiary/aromatic N) is 1. The summed E-state index contributed by atoms with van der Waals surface area (Å²) in [6.45, 7) is 10.1. The molecule has 21 heavy (non-hydrogen) atoms. The zero-order valence-electron chi connectivity index (χ0n) is 13.5. The van der Waals surface area contributed by atoms with E-state index in [4.69, 9.17) is 5.73 Å². The third-order valence-electron chi connectivity index (χ3n) is 4.64. The molecule has 4 heteroatoms. The summed E-state index contributed by atoms with van der Waals surface area (Å²) in [6.07, 6.45) is 1.24. The van der Waals surface area contributed by atoms with Gasteiger partial charge in [-0.05, 0) is 43.7 Å². The molecule has 1 aromatic rings. The number of hydrogen-bond donors (Lipinski definition) is 2. The summed E-state index contributed by atoms with van der Waals surface area (Å²) in [5, 5.41) is 2.97. The molecule has 3 N–H and O–H groups in total. The number of nitrogen functional groups attached to an aromatic ring is 1. The highest BCUT2D eigenvalue weighted by Crippen LogP contribution is 2.27. The van der Waals surface area contributed by atoms with E-state index in [0.717, 1.165) is 17.8 Å². The van der Waals surface area contributed by atoms with Crippen molar-refractivity contribution in [1.29, 1.82) is 0 Å². The normalized spacial score (nSPS) is 26.6. The van der Waals surface area contributed by atoms with Crippen molar-refractivity contribution in [1.82, 2.24) is 4.90 Å². The first-order valence-electron chi connectivity index (χ1n) is 7.77. The van der Waals surface area contributed by atoms with Gasteiger partial charge in [-0.1, -0.05) is 26.0 Å². The lowest BCUT2D eigenvalue weighted by molar-refractivity contribution is -0.118. The van der Waals surface area contributed by atoms with Crippen LogP contribution in [0.2, 0.25) is 0 Å². The SMILES string of the molecule is Cc1cccc(N)c1NC(=O)CN1CC(C)CC(C)C1C. The van der Waals surface area contributed by atoms with Crippen molar-refractivity contribution in [2.24, 2.45) is 11.8 Å². The van der Waals surface area contributed by atoms with Crippen molar-refractivity contribution >= 4 is 17.3 Å². The lowest BCUT2D eigenvalue weighted by Crippen LogP contribution is -2.48. The molecule has 1 amide bonds. The first kappa shape index (κ1) is 15.8. The van der Waals surface area contributed by atoms with Gasteiger partial charge in [-0.15, -0.1) is 0 Å². The van der Waals surface area contributed by atoms with Crippen LogP contribution in [-0.4, -0.2) is 29.9 Å². The molecule has 0 aliphatic carbocycles. The number of para-hydroxylation sites is 1. The quantitative estimate of drug-likeness (QED) is 0.841. The van der Waals surface area contributed by atoms with Crippen molar-refractivity contribution < 1.29 is 4.79 Å². The van der Waals surface area contributed by atoms with Crippen molar-refractivity contribution in [3.05, 3.63) is 23.8 Å². The summed E-state index contributed by atoms with van der Waals surface area (Å²) < 4.78 is 0. The highest BCUT2D eigenvalue weighted by atomic mass is 16.2. The van der Waals surface area contributed by atoms with E-state index in [0.29, 0.717) is 30.1 Å². The first-order valence-corrected chi connectivity index (χ1v) is 7.77. The molecule has 1 saturated heterocycles. The zero-order valence-corrected chi connectivity index (χ0v) is 13.5. The number of rotatable bonds is 3. The van der Waals surface area contributed by atoms with Gasteiger partial charge in [0.1, 0.15) is 0 Å². The number of amides is 1. The van der Waals surface area contributed by atoms with Crippen LogP contribution in [-0.2, 0) is 4.79 Å². The Morgan fingerprint density at radius 1 is 1.38 bits per heavy atom. The van der Waals surface area contributed by atoms with Crippen LogP contribution in [0.25, 0.3) is 0 Å². The third-order valence-corrected chi connectivity index (χ3v) is 4.64. The van der Waals surface area contributed by atoms with E-state index in [9.17, 15) is 4.79 Å². The minimum Gasteiger partial charge on any atom is -0.397 e. The number of anilines is 2. The van der Waals surface area contributed by atoms with E-state index < -0.39 is 0 Å². The van der Waals surface area contributed by atoms with Crippen LogP contribution < -0.4 is 11.1 Å². The summed E-state index contributed by atoms with van der Waals surface area (Å²) in [5.74, 6) is 1.29. The topological polar surface area (TPSA) is 58.4 Å². The van der Waals surface area contributed by atoms with Gasteiger partial charge in [-0.3, -0.25) is 9.69 Å². The summed E-state index contributed by atoms with van der Waals surface area (Å²) >= 11 is 0. The van der Waals surface area contributed by atoms with Crippen molar-refractivity contribution in [2.45, 2.75) is 40.2 Å². The third kappa shape index (κ3) is 3.76. The summed E-state index contributed by atoms with van der Waals surface area (Å²) in [7, 11) is 0. The maximum absolute atomic E-state index is 12.3. The predicted molar refractivity (Wildman–Crippen MR) is 88.2 cm³/mol. The van der Waals surface area contributed by atoms with Crippen LogP contribution >= 0.6 is 0 Å². The second kappa shape index (κ2) is 6.48. The fourth-order valence-electron chi connectivity index (χ4n) is 3.27. The number of carbonyl (C=O) groups excluding carboxylic acids is 1.